The van der Waals surface area contributed by atoms with Gasteiger partial charge in [-0.2, -0.15) is 5.10 Å². The Morgan fingerprint density at radius 1 is 1.00 bits per heavy atom. The van der Waals surface area contributed by atoms with Gasteiger partial charge in [0.1, 0.15) is 0 Å². The minimum absolute atomic E-state index is 0.251. The fraction of sp³-hybridized carbons (Fsp3) is 0.136. The summed E-state index contributed by atoms with van der Waals surface area (Å²) in [6.07, 6.45) is 1.72. The fourth-order valence-corrected chi connectivity index (χ4v) is 3.14. The second-order valence-corrected chi connectivity index (χ2v) is 6.67. The highest BCUT2D eigenvalue weighted by atomic mass is 16.1. The van der Waals surface area contributed by atoms with Gasteiger partial charge in [0.05, 0.1) is 16.9 Å². The van der Waals surface area contributed by atoms with E-state index in [-0.39, 0.29) is 5.91 Å². The Balaban J connectivity index is 1.66. The lowest BCUT2D eigenvalue weighted by Crippen LogP contribution is -2.13. The van der Waals surface area contributed by atoms with Gasteiger partial charge in [0.2, 0.25) is 0 Å². The third kappa shape index (κ3) is 3.19. The number of benzene rings is 2. The van der Waals surface area contributed by atoms with Gasteiger partial charge in [-0.3, -0.25) is 14.5 Å². The van der Waals surface area contributed by atoms with E-state index in [9.17, 15) is 4.79 Å². The number of carbonyl (C=O) groups excluding carboxylic acids is 1. The minimum Gasteiger partial charge on any atom is -0.319 e. The van der Waals surface area contributed by atoms with Crippen molar-refractivity contribution in [3.8, 4) is 11.3 Å². The van der Waals surface area contributed by atoms with Gasteiger partial charge >= 0.3 is 0 Å². The van der Waals surface area contributed by atoms with E-state index in [1.807, 2.05) is 43.4 Å². The molecule has 5 heteroatoms. The van der Waals surface area contributed by atoms with Crippen LogP contribution in [0, 0.1) is 13.8 Å². The largest absolute Gasteiger partial charge is 0.319 e. The number of nitrogens with one attached hydrogen (secondary N) is 1. The maximum Gasteiger partial charge on any atom is 0.276 e. The summed E-state index contributed by atoms with van der Waals surface area (Å²) in [5.74, 6) is -0.251. The second-order valence-electron chi connectivity index (χ2n) is 6.67. The molecule has 0 bridgehead atoms. The van der Waals surface area contributed by atoms with E-state index in [4.69, 9.17) is 0 Å². The summed E-state index contributed by atoms with van der Waals surface area (Å²) in [5.41, 5.74) is 6.20. The normalized spacial score (nSPS) is 10.9. The predicted octanol–water partition coefficient (Wildman–Crippen LogP) is 4.50. The number of para-hydroxylation sites is 1. The molecule has 2 aromatic carbocycles. The number of fused-ring (bicyclic) bond motifs is 1. The zero-order valence-electron chi connectivity index (χ0n) is 15.5. The van der Waals surface area contributed by atoms with Crippen molar-refractivity contribution in [3.63, 3.8) is 0 Å². The monoisotopic (exact) mass is 356 g/mol. The number of rotatable bonds is 3. The van der Waals surface area contributed by atoms with Crippen LogP contribution in [0.4, 0.5) is 5.69 Å². The molecule has 0 aliphatic rings. The number of hydrogen-bond acceptors (Lipinski definition) is 3. The number of pyridine rings is 1. The highest BCUT2D eigenvalue weighted by Gasteiger charge is 2.15. The molecule has 5 nitrogen and oxygen atoms in total. The summed E-state index contributed by atoms with van der Waals surface area (Å²) >= 11 is 0. The zero-order chi connectivity index (χ0) is 19.0. The molecule has 1 amide bonds. The van der Waals surface area contributed by atoms with E-state index in [0.29, 0.717) is 11.4 Å². The second kappa shape index (κ2) is 6.68. The highest BCUT2D eigenvalue weighted by molar-refractivity contribution is 6.07. The lowest BCUT2D eigenvalue weighted by Gasteiger charge is -2.06. The molecule has 0 atom stereocenters. The Kier molecular flexibility index (Phi) is 4.20. The summed E-state index contributed by atoms with van der Waals surface area (Å²) in [7, 11) is 1.85. The van der Waals surface area contributed by atoms with Gasteiger partial charge in [-0.25, -0.2) is 0 Å². The average Bonchev–Trinajstić information content (AvgIpc) is 3.06. The Labute approximate surface area is 157 Å². The van der Waals surface area contributed by atoms with Crippen LogP contribution in [0.5, 0.6) is 0 Å². The predicted molar refractivity (Wildman–Crippen MR) is 108 cm³/mol. The molecule has 0 fully saturated rings. The summed E-state index contributed by atoms with van der Waals surface area (Å²) < 4.78 is 1.74. The molecule has 2 heterocycles. The number of hydrogen-bond donors (Lipinski definition) is 1. The molecule has 27 heavy (non-hydrogen) atoms. The quantitative estimate of drug-likeness (QED) is 0.588. The van der Waals surface area contributed by atoms with E-state index in [0.717, 1.165) is 22.2 Å². The highest BCUT2D eigenvalue weighted by Crippen LogP contribution is 2.24. The fourth-order valence-electron chi connectivity index (χ4n) is 3.14. The Hall–Kier alpha value is -3.47. The molecule has 0 radical (unpaired) electrons. The SMILES string of the molecule is Cc1ccc(-c2cc(C(=O)Nc3cccc4cccnc34)nn2C)cc1C. The summed E-state index contributed by atoms with van der Waals surface area (Å²) in [6.45, 7) is 4.16. The number of aryl methyl sites for hydroxylation is 3. The van der Waals surface area contributed by atoms with Crippen molar-refractivity contribution in [2.24, 2.45) is 7.05 Å². The van der Waals surface area contributed by atoms with Gasteiger partial charge < -0.3 is 5.32 Å². The molecule has 0 spiro atoms. The van der Waals surface area contributed by atoms with Crippen molar-refractivity contribution in [3.05, 3.63) is 77.6 Å². The van der Waals surface area contributed by atoms with Gasteiger partial charge in [-0.15, -0.1) is 0 Å². The Morgan fingerprint density at radius 2 is 1.81 bits per heavy atom. The molecule has 0 aliphatic carbocycles. The van der Waals surface area contributed by atoms with E-state index >= 15 is 0 Å². The minimum atomic E-state index is -0.251. The van der Waals surface area contributed by atoms with Crippen molar-refractivity contribution in [1.82, 2.24) is 14.8 Å². The average molecular weight is 356 g/mol. The molecule has 0 aliphatic heterocycles. The van der Waals surface area contributed by atoms with Gasteiger partial charge in [0.15, 0.2) is 5.69 Å². The standard InChI is InChI=1S/C22H20N4O/c1-14-9-10-17(12-15(14)2)20-13-19(25-26(20)3)22(27)24-18-8-4-6-16-7-5-11-23-21(16)18/h4-13H,1-3H3,(H,24,27). The molecule has 4 rings (SSSR count). The van der Waals surface area contributed by atoms with Crippen molar-refractivity contribution < 1.29 is 4.79 Å². The molecule has 134 valence electrons. The summed E-state index contributed by atoms with van der Waals surface area (Å²) in [6, 6.07) is 17.6. The maximum absolute atomic E-state index is 12.8. The van der Waals surface area contributed by atoms with Crippen LogP contribution in [-0.2, 0) is 7.05 Å². The first-order chi connectivity index (χ1) is 13.0. The molecular weight excluding hydrogens is 336 g/mol. The smallest absolute Gasteiger partial charge is 0.276 e. The molecule has 0 saturated heterocycles. The van der Waals surface area contributed by atoms with Crippen LogP contribution in [0.1, 0.15) is 21.6 Å². The summed E-state index contributed by atoms with van der Waals surface area (Å²) in [5, 5.41) is 8.31. The first-order valence-corrected chi connectivity index (χ1v) is 8.80. The van der Waals surface area contributed by atoms with Crippen LogP contribution in [0.15, 0.2) is 60.8 Å². The molecule has 1 N–H and O–H groups in total. The van der Waals surface area contributed by atoms with Gasteiger partial charge in [-0.05, 0) is 49.2 Å². The Morgan fingerprint density at radius 3 is 2.63 bits per heavy atom. The molecule has 2 aromatic heterocycles. The van der Waals surface area contributed by atoms with Crippen molar-refractivity contribution in [2.45, 2.75) is 13.8 Å². The molecule has 4 aromatic rings. The van der Waals surface area contributed by atoms with Gasteiger partial charge in [0.25, 0.3) is 5.91 Å². The number of anilines is 1. The van der Waals surface area contributed by atoms with Crippen LogP contribution in [0.2, 0.25) is 0 Å². The van der Waals surface area contributed by atoms with Gasteiger partial charge in [0, 0.05) is 24.2 Å². The lowest BCUT2D eigenvalue weighted by molar-refractivity contribution is 0.102. The number of carbonyl (C=O) groups is 1. The van der Waals surface area contributed by atoms with E-state index in [2.05, 4.69) is 47.4 Å². The van der Waals surface area contributed by atoms with Crippen LogP contribution < -0.4 is 5.32 Å². The topological polar surface area (TPSA) is 59.8 Å². The third-order valence-electron chi connectivity index (χ3n) is 4.80. The van der Waals surface area contributed by atoms with Crippen molar-refractivity contribution in [2.75, 3.05) is 5.32 Å². The van der Waals surface area contributed by atoms with Crippen molar-refractivity contribution >= 4 is 22.5 Å². The van der Waals surface area contributed by atoms with Crippen molar-refractivity contribution in [1.29, 1.82) is 0 Å². The number of aromatic nitrogens is 3. The summed E-state index contributed by atoms with van der Waals surface area (Å²) in [4.78, 5) is 17.1. The Bertz CT molecular complexity index is 1150. The maximum atomic E-state index is 12.8. The third-order valence-corrected chi connectivity index (χ3v) is 4.80. The van der Waals surface area contributed by atoms with E-state index in [1.54, 1.807) is 10.9 Å². The zero-order valence-corrected chi connectivity index (χ0v) is 15.5. The van der Waals surface area contributed by atoms with Crippen LogP contribution >= 0.6 is 0 Å². The van der Waals surface area contributed by atoms with E-state index in [1.165, 1.54) is 11.1 Å². The first kappa shape index (κ1) is 17.0. The first-order valence-electron chi connectivity index (χ1n) is 8.80. The van der Waals surface area contributed by atoms with Gasteiger partial charge in [-0.1, -0.05) is 30.3 Å². The number of nitrogens with zero attached hydrogens (tertiary/aromatic N) is 3. The van der Waals surface area contributed by atoms with Crippen LogP contribution in [0.25, 0.3) is 22.2 Å². The molecule has 0 saturated carbocycles. The van der Waals surface area contributed by atoms with Crippen LogP contribution in [-0.4, -0.2) is 20.7 Å². The van der Waals surface area contributed by atoms with E-state index < -0.39 is 0 Å². The molecule has 0 unspecified atom stereocenters. The number of amides is 1. The lowest BCUT2D eigenvalue weighted by atomic mass is 10.0. The van der Waals surface area contributed by atoms with Crippen LogP contribution in [0.3, 0.4) is 0 Å². The molecular formula is C22H20N4O.